The molecule has 1 fully saturated rings. The van der Waals surface area contributed by atoms with Crippen molar-refractivity contribution in [1.29, 1.82) is 0 Å². The highest BCUT2D eigenvalue weighted by Gasteiger charge is 2.32. The quantitative estimate of drug-likeness (QED) is 0.922. The minimum Gasteiger partial charge on any atom is -0.496 e. The zero-order valence-corrected chi connectivity index (χ0v) is 11.9. The lowest BCUT2D eigenvalue weighted by Crippen LogP contribution is -2.04. The topological polar surface area (TPSA) is 61.3 Å². The number of nitrogen functional groups attached to an aromatic ring is 1. The molecule has 0 saturated heterocycles. The molecule has 1 aliphatic rings. The van der Waals surface area contributed by atoms with Gasteiger partial charge in [0.15, 0.2) is 0 Å². The van der Waals surface area contributed by atoms with Crippen molar-refractivity contribution >= 4 is 5.88 Å². The van der Waals surface area contributed by atoms with Gasteiger partial charge in [0, 0.05) is 11.5 Å². The van der Waals surface area contributed by atoms with Crippen LogP contribution in [0.25, 0.3) is 11.1 Å². The number of para-hydroxylation sites is 1. The maximum absolute atomic E-state index is 6.03. The van der Waals surface area contributed by atoms with Crippen molar-refractivity contribution in [2.75, 3.05) is 12.8 Å². The summed E-state index contributed by atoms with van der Waals surface area (Å²) in [4.78, 5) is 0. The molecule has 0 radical (unpaired) electrons. The lowest BCUT2D eigenvalue weighted by Gasteiger charge is -2.15. The van der Waals surface area contributed by atoms with Gasteiger partial charge in [-0.3, -0.25) is 0 Å². The fourth-order valence-corrected chi connectivity index (χ4v) is 3.24. The summed E-state index contributed by atoms with van der Waals surface area (Å²) in [6, 6.07) is 7.87. The Morgan fingerprint density at radius 2 is 2.10 bits per heavy atom. The zero-order valence-electron chi connectivity index (χ0n) is 11.9. The summed E-state index contributed by atoms with van der Waals surface area (Å²) in [7, 11) is 1.67. The van der Waals surface area contributed by atoms with Crippen LogP contribution in [0, 0.1) is 5.92 Å². The second-order valence-electron chi connectivity index (χ2n) is 5.52. The fourth-order valence-electron chi connectivity index (χ4n) is 3.24. The minimum absolute atomic E-state index is 0.378. The summed E-state index contributed by atoms with van der Waals surface area (Å²) in [5.74, 6) is 2.22. The minimum atomic E-state index is 0.378. The van der Waals surface area contributed by atoms with Gasteiger partial charge in [-0.1, -0.05) is 43.1 Å². The highest BCUT2D eigenvalue weighted by molar-refractivity contribution is 5.80. The fraction of sp³-hybridized carbons (Fsp3) is 0.438. The molecule has 4 heteroatoms. The van der Waals surface area contributed by atoms with E-state index in [9.17, 15) is 0 Å². The van der Waals surface area contributed by atoms with Crippen LogP contribution in [0.2, 0.25) is 0 Å². The monoisotopic (exact) mass is 272 g/mol. The van der Waals surface area contributed by atoms with Crippen molar-refractivity contribution in [3.8, 4) is 16.9 Å². The molecule has 0 bridgehead atoms. The van der Waals surface area contributed by atoms with E-state index >= 15 is 0 Å². The van der Waals surface area contributed by atoms with E-state index in [0.717, 1.165) is 29.0 Å². The summed E-state index contributed by atoms with van der Waals surface area (Å²) in [5.41, 5.74) is 8.87. The van der Waals surface area contributed by atoms with Gasteiger partial charge >= 0.3 is 0 Å². The Hall–Kier alpha value is -1.97. The molecule has 1 aromatic heterocycles. The molecule has 106 valence electrons. The molecule has 4 nitrogen and oxygen atoms in total. The van der Waals surface area contributed by atoms with Gasteiger partial charge in [-0.15, -0.1) is 0 Å². The third-order valence-corrected chi connectivity index (χ3v) is 4.33. The predicted octanol–water partition coefficient (Wildman–Crippen LogP) is 3.84. The number of hydrogen-bond acceptors (Lipinski definition) is 4. The Morgan fingerprint density at radius 1 is 1.30 bits per heavy atom. The maximum atomic E-state index is 6.03. The Kier molecular flexibility index (Phi) is 3.38. The molecule has 1 aromatic carbocycles. The van der Waals surface area contributed by atoms with Crippen LogP contribution in [0.4, 0.5) is 5.88 Å². The number of hydrogen-bond donors (Lipinski definition) is 1. The van der Waals surface area contributed by atoms with E-state index in [1.165, 1.54) is 12.8 Å². The molecule has 1 aliphatic carbocycles. The Bertz CT molecular complexity index is 606. The van der Waals surface area contributed by atoms with Crippen LogP contribution in [-0.4, -0.2) is 12.3 Å². The molecule has 20 heavy (non-hydrogen) atoms. The number of aromatic nitrogens is 1. The molecule has 2 N–H and O–H groups in total. The highest BCUT2D eigenvalue weighted by Crippen LogP contribution is 2.46. The van der Waals surface area contributed by atoms with Gasteiger partial charge in [-0.05, 0) is 18.4 Å². The smallest absolute Gasteiger partial charge is 0.230 e. The second kappa shape index (κ2) is 5.19. The average molecular weight is 272 g/mol. The van der Waals surface area contributed by atoms with Crippen molar-refractivity contribution in [3.63, 3.8) is 0 Å². The average Bonchev–Trinajstić information content (AvgIpc) is 3.04. The van der Waals surface area contributed by atoms with Gasteiger partial charge in [-0.25, -0.2) is 0 Å². The molecule has 2 aromatic rings. The molecule has 2 unspecified atom stereocenters. The van der Waals surface area contributed by atoms with Crippen LogP contribution in [0.5, 0.6) is 5.75 Å². The molecule has 0 amide bonds. The normalized spacial score (nSPS) is 22.1. The first-order valence-electron chi connectivity index (χ1n) is 7.10. The third-order valence-electron chi connectivity index (χ3n) is 4.33. The van der Waals surface area contributed by atoms with E-state index < -0.39 is 0 Å². The highest BCUT2D eigenvalue weighted by atomic mass is 16.5. The van der Waals surface area contributed by atoms with Crippen LogP contribution >= 0.6 is 0 Å². The number of benzene rings is 1. The first kappa shape index (κ1) is 13.0. The Labute approximate surface area is 118 Å². The first-order valence-corrected chi connectivity index (χ1v) is 7.10. The van der Waals surface area contributed by atoms with Crippen molar-refractivity contribution in [2.45, 2.75) is 32.1 Å². The molecule has 0 aliphatic heterocycles. The van der Waals surface area contributed by atoms with E-state index in [4.69, 9.17) is 15.0 Å². The van der Waals surface area contributed by atoms with Gasteiger partial charge in [0.1, 0.15) is 5.75 Å². The van der Waals surface area contributed by atoms with E-state index in [1.54, 1.807) is 7.11 Å². The van der Waals surface area contributed by atoms with Crippen LogP contribution in [0.3, 0.4) is 0 Å². The first-order chi connectivity index (χ1) is 9.72. The van der Waals surface area contributed by atoms with Gasteiger partial charge in [0.2, 0.25) is 5.88 Å². The van der Waals surface area contributed by atoms with Crippen molar-refractivity contribution in [3.05, 3.63) is 30.0 Å². The lowest BCUT2D eigenvalue weighted by molar-refractivity contribution is 0.407. The van der Waals surface area contributed by atoms with Gasteiger partial charge in [0.05, 0.1) is 18.4 Å². The van der Waals surface area contributed by atoms with Crippen molar-refractivity contribution in [1.82, 2.24) is 5.16 Å². The number of rotatable bonds is 3. The largest absolute Gasteiger partial charge is 0.496 e. The predicted molar refractivity (Wildman–Crippen MR) is 78.7 cm³/mol. The summed E-state index contributed by atoms with van der Waals surface area (Å²) in [5, 5.41) is 4.24. The van der Waals surface area contributed by atoms with Gasteiger partial charge in [0.25, 0.3) is 0 Å². The van der Waals surface area contributed by atoms with Crippen LogP contribution in [0.1, 0.15) is 37.8 Å². The third kappa shape index (κ3) is 2.05. The SMILES string of the molecule is COc1ccccc1-c1c(C2CCCC2C)noc1N. The number of anilines is 1. The molecule has 1 heterocycles. The molecule has 0 spiro atoms. The Morgan fingerprint density at radius 3 is 2.80 bits per heavy atom. The van der Waals surface area contributed by atoms with E-state index in [-0.39, 0.29) is 0 Å². The summed E-state index contributed by atoms with van der Waals surface area (Å²) >= 11 is 0. The molecule has 1 saturated carbocycles. The molecular weight excluding hydrogens is 252 g/mol. The number of methoxy groups -OCH3 is 1. The van der Waals surface area contributed by atoms with Gasteiger partial charge < -0.3 is 15.0 Å². The molecule has 2 atom stereocenters. The van der Waals surface area contributed by atoms with Crippen LogP contribution < -0.4 is 10.5 Å². The number of nitrogens with zero attached hydrogens (tertiary/aromatic N) is 1. The van der Waals surface area contributed by atoms with Crippen LogP contribution in [-0.2, 0) is 0 Å². The maximum Gasteiger partial charge on any atom is 0.230 e. The molecule has 3 rings (SSSR count). The lowest BCUT2D eigenvalue weighted by atomic mass is 9.89. The van der Waals surface area contributed by atoms with Crippen molar-refractivity contribution < 1.29 is 9.26 Å². The Balaban J connectivity index is 2.11. The zero-order chi connectivity index (χ0) is 14.1. The summed E-state index contributed by atoms with van der Waals surface area (Å²) < 4.78 is 10.7. The van der Waals surface area contributed by atoms with Crippen molar-refractivity contribution in [2.24, 2.45) is 5.92 Å². The van der Waals surface area contributed by atoms with E-state index in [2.05, 4.69) is 12.1 Å². The number of ether oxygens (including phenoxy) is 1. The summed E-state index contributed by atoms with van der Waals surface area (Å²) in [6.07, 6.45) is 3.63. The second-order valence-corrected chi connectivity index (χ2v) is 5.52. The standard InChI is InChI=1S/C16H20N2O2/c1-10-6-5-8-11(10)15-14(16(17)20-18-15)12-7-3-4-9-13(12)19-2/h3-4,7,9-11H,5-6,8,17H2,1-2H3. The molecular formula is C16H20N2O2. The van der Waals surface area contributed by atoms with Gasteiger partial charge in [-0.2, -0.15) is 0 Å². The summed E-state index contributed by atoms with van der Waals surface area (Å²) in [6.45, 7) is 2.27. The number of nitrogens with two attached hydrogens (primary N) is 1. The van der Waals surface area contributed by atoms with E-state index in [1.807, 2.05) is 24.3 Å². The van der Waals surface area contributed by atoms with Crippen LogP contribution in [0.15, 0.2) is 28.8 Å². The van der Waals surface area contributed by atoms with E-state index in [0.29, 0.717) is 17.7 Å².